The van der Waals surface area contributed by atoms with E-state index in [1.165, 1.54) is 18.0 Å². The average Bonchev–Trinajstić information content (AvgIpc) is 2.16. The minimum atomic E-state index is -3.44. The zero-order valence-corrected chi connectivity index (χ0v) is 9.94. The summed E-state index contributed by atoms with van der Waals surface area (Å²) in [6.07, 6.45) is 1.51. The Morgan fingerprint density at radius 3 is 2.93 bits per heavy atom. The Morgan fingerprint density at radius 2 is 2.33 bits per heavy atom. The van der Waals surface area contributed by atoms with Crippen LogP contribution in [0.1, 0.15) is 5.69 Å². The van der Waals surface area contributed by atoms with Crippen molar-refractivity contribution in [1.29, 1.82) is 5.26 Å². The topological polar surface area (TPSA) is 70.8 Å². The van der Waals surface area contributed by atoms with Gasteiger partial charge in [0.2, 0.25) is 9.05 Å². The molecule has 80 valence electrons. The zero-order chi connectivity index (χ0) is 11.3. The van der Waals surface area contributed by atoms with Crippen molar-refractivity contribution >= 4 is 31.5 Å². The third-order valence-corrected chi connectivity index (χ3v) is 3.85. The molecule has 1 aromatic heterocycles. The first-order valence-corrected chi connectivity index (χ1v) is 7.39. The molecule has 4 nitrogen and oxygen atoms in total. The van der Waals surface area contributed by atoms with Crippen LogP contribution in [0.4, 0.5) is 0 Å². The molecule has 0 bridgehead atoms. The summed E-state index contributed by atoms with van der Waals surface area (Å²) in [5.74, 6) is 0.268. The molecule has 0 saturated carbocycles. The first kappa shape index (κ1) is 12.3. The highest BCUT2D eigenvalue weighted by molar-refractivity contribution is 8.14. The Labute approximate surface area is 96.7 Å². The maximum Gasteiger partial charge on any atom is 0.233 e. The fraction of sp³-hybridized carbons (Fsp3) is 0.250. The normalized spacial score (nSPS) is 10.9. The molecule has 15 heavy (non-hydrogen) atoms. The molecule has 0 aromatic carbocycles. The van der Waals surface area contributed by atoms with Crippen LogP contribution in [0.3, 0.4) is 0 Å². The molecule has 7 heteroatoms. The second-order valence-corrected chi connectivity index (χ2v) is 6.64. The molecular weight excluding hydrogens is 256 g/mol. The standard InChI is InChI=1S/C8H7ClN2O2S2/c9-15(12,13)4-3-14-8-1-2-11-7(5-8)6-10/h1-2,5H,3-4H2. The molecular formula is C8H7ClN2O2S2. The number of halogens is 1. The zero-order valence-electron chi connectivity index (χ0n) is 7.55. The summed E-state index contributed by atoms with van der Waals surface area (Å²) in [5, 5.41) is 8.58. The Balaban J connectivity index is 2.55. The predicted octanol–water partition coefficient (Wildman–Crippen LogP) is 1.61. The van der Waals surface area contributed by atoms with Crippen LogP contribution in [-0.2, 0) is 9.05 Å². The quantitative estimate of drug-likeness (QED) is 0.609. The van der Waals surface area contributed by atoms with E-state index in [2.05, 4.69) is 4.98 Å². The van der Waals surface area contributed by atoms with Gasteiger partial charge in [-0.3, -0.25) is 0 Å². The summed E-state index contributed by atoms with van der Waals surface area (Å²) >= 11 is 1.32. The first-order valence-electron chi connectivity index (χ1n) is 3.92. The molecule has 0 aliphatic rings. The summed E-state index contributed by atoms with van der Waals surface area (Å²) in [6, 6.07) is 5.22. The van der Waals surface area contributed by atoms with E-state index in [4.69, 9.17) is 15.9 Å². The SMILES string of the molecule is N#Cc1cc(SCCS(=O)(=O)Cl)ccn1. The Bertz CT molecular complexity index is 482. The fourth-order valence-electron chi connectivity index (χ4n) is 0.821. The van der Waals surface area contributed by atoms with E-state index in [1.807, 2.05) is 6.07 Å². The summed E-state index contributed by atoms with van der Waals surface area (Å²) < 4.78 is 21.3. The molecule has 0 atom stereocenters. The molecule has 1 rings (SSSR count). The average molecular weight is 263 g/mol. The van der Waals surface area contributed by atoms with Crippen LogP contribution in [0.25, 0.3) is 0 Å². The van der Waals surface area contributed by atoms with E-state index in [9.17, 15) is 8.42 Å². The number of rotatable bonds is 4. The molecule has 0 aliphatic heterocycles. The van der Waals surface area contributed by atoms with Crippen LogP contribution >= 0.6 is 22.4 Å². The Morgan fingerprint density at radius 1 is 1.60 bits per heavy atom. The second-order valence-electron chi connectivity index (χ2n) is 2.58. The van der Waals surface area contributed by atoms with Gasteiger partial charge in [-0.25, -0.2) is 13.4 Å². The number of hydrogen-bond acceptors (Lipinski definition) is 5. The maximum atomic E-state index is 10.6. The van der Waals surface area contributed by atoms with Crippen LogP contribution in [0.2, 0.25) is 0 Å². The van der Waals surface area contributed by atoms with Crippen molar-refractivity contribution in [1.82, 2.24) is 4.98 Å². The van der Waals surface area contributed by atoms with Crippen LogP contribution in [-0.4, -0.2) is 24.9 Å². The predicted molar refractivity (Wildman–Crippen MR) is 59.3 cm³/mol. The molecule has 0 spiro atoms. The van der Waals surface area contributed by atoms with Gasteiger partial charge in [0.25, 0.3) is 0 Å². The van der Waals surface area contributed by atoms with Crippen molar-refractivity contribution in [3.8, 4) is 6.07 Å². The maximum absolute atomic E-state index is 10.6. The van der Waals surface area contributed by atoms with Crippen molar-refractivity contribution < 1.29 is 8.42 Å². The minimum absolute atomic E-state index is 0.0938. The Kier molecular flexibility index (Phi) is 4.39. The molecule has 0 radical (unpaired) electrons. The molecule has 0 N–H and O–H groups in total. The first-order chi connectivity index (χ1) is 7.01. The highest BCUT2D eigenvalue weighted by Crippen LogP contribution is 2.18. The van der Waals surface area contributed by atoms with E-state index in [0.717, 1.165) is 4.90 Å². The monoisotopic (exact) mass is 262 g/mol. The molecule has 0 saturated heterocycles. The van der Waals surface area contributed by atoms with Crippen LogP contribution in [0, 0.1) is 11.3 Å². The molecule has 0 fully saturated rings. The van der Waals surface area contributed by atoms with E-state index in [1.54, 1.807) is 12.1 Å². The summed E-state index contributed by atoms with van der Waals surface area (Å²) in [5.41, 5.74) is 0.314. The van der Waals surface area contributed by atoms with E-state index in [0.29, 0.717) is 11.4 Å². The lowest BCUT2D eigenvalue weighted by molar-refractivity contribution is 0.611. The highest BCUT2D eigenvalue weighted by Gasteiger charge is 2.05. The number of nitrogens with zero attached hydrogens (tertiary/aromatic N) is 2. The number of hydrogen-bond donors (Lipinski definition) is 0. The minimum Gasteiger partial charge on any atom is -0.245 e. The van der Waals surface area contributed by atoms with Crippen molar-refractivity contribution in [3.63, 3.8) is 0 Å². The number of pyridine rings is 1. The smallest absolute Gasteiger partial charge is 0.233 e. The van der Waals surface area contributed by atoms with Crippen LogP contribution in [0.15, 0.2) is 23.2 Å². The summed E-state index contributed by atoms with van der Waals surface area (Å²) in [4.78, 5) is 4.60. The summed E-state index contributed by atoms with van der Waals surface area (Å²) in [7, 11) is 1.61. The molecule has 0 amide bonds. The van der Waals surface area contributed by atoms with E-state index >= 15 is 0 Å². The molecule has 0 unspecified atom stereocenters. The lowest BCUT2D eigenvalue weighted by Gasteiger charge is -1.99. The lowest BCUT2D eigenvalue weighted by Crippen LogP contribution is -1.99. The van der Waals surface area contributed by atoms with Crippen molar-refractivity contribution in [2.75, 3.05) is 11.5 Å². The third kappa shape index (κ3) is 5.02. The van der Waals surface area contributed by atoms with Crippen molar-refractivity contribution in [2.45, 2.75) is 4.90 Å². The van der Waals surface area contributed by atoms with Gasteiger partial charge >= 0.3 is 0 Å². The van der Waals surface area contributed by atoms with Gasteiger partial charge in [0.05, 0.1) is 5.75 Å². The van der Waals surface area contributed by atoms with Crippen LogP contribution in [0.5, 0.6) is 0 Å². The van der Waals surface area contributed by atoms with E-state index in [-0.39, 0.29) is 5.75 Å². The number of nitriles is 1. The lowest BCUT2D eigenvalue weighted by atomic mass is 10.4. The number of thioether (sulfide) groups is 1. The van der Waals surface area contributed by atoms with Gasteiger partial charge in [0.1, 0.15) is 11.8 Å². The van der Waals surface area contributed by atoms with Gasteiger partial charge in [0, 0.05) is 27.5 Å². The molecule has 1 heterocycles. The van der Waals surface area contributed by atoms with Gasteiger partial charge in [-0.1, -0.05) is 0 Å². The van der Waals surface area contributed by atoms with Crippen molar-refractivity contribution in [2.24, 2.45) is 0 Å². The second kappa shape index (κ2) is 5.35. The van der Waals surface area contributed by atoms with Gasteiger partial charge in [-0.05, 0) is 12.1 Å². The number of aromatic nitrogens is 1. The molecule has 0 aliphatic carbocycles. The van der Waals surface area contributed by atoms with Crippen LogP contribution < -0.4 is 0 Å². The van der Waals surface area contributed by atoms with Gasteiger partial charge in [0.15, 0.2) is 0 Å². The molecule has 1 aromatic rings. The van der Waals surface area contributed by atoms with E-state index < -0.39 is 9.05 Å². The van der Waals surface area contributed by atoms with Gasteiger partial charge < -0.3 is 0 Å². The van der Waals surface area contributed by atoms with Crippen molar-refractivity contribution in [3.05, 3.63) is 24.0 Å². The highest BCUT2D eigenvalue weighted by atomic mass is 35.7. The van der Waals surface area contributed by atoms with Gasteiger partial charge in [-0.2, -0.15) is 5.26 Å². The largest absolute Gasteiger partial charge is 0.245 e. The van der Waals surface area contributed by atoms with Gasteiger partial charge in [-0.15, -0.1) is 11.8 Å². The Hall–Kier alpha value is -0.770. The third-order valence-electron chi connectivity index (χ3n) is 1.44. The fourth-order valence-corrected chi connectivity index (χ4v) is 3.11. The summed E-state index contributed by atoms with van der Waals surface area (Å²) in [6.45, 7) is 0.